The molecule has 0 radical (unpaired) electrons. The minimum absolute atomic E-state index is 0.326. The fourth-order valence-corrected chi connectivity index (χ4v) is 3.65. The molecule has 1 saturated heterocycles. The maximum atomic E-state index is 9.63. The molecular weight excluding hydrogens is 386 g/mol. The molecule has 0 amide bonds. The molecule has 154 valence electrons. The molecule has 0 N–H and O–H groups in total. The smallest absolute Gasteiger partial charge is 0.163 e. The second-order valence-corrected chi connectivity index (χ2v) is 7.63. The average molecular weight is 414 g/mol. The molecule has 0 aromatic heterocycles. The van der Waals surface area contributed by atoms with Crippen molar-refractivity contribution < 1.29 is 9.47 Å². The third-order valence-electron chi connectivity index (χ3n) is 4.95. The van der Waals surface area contributed by atoms with E-state index in [2.05, 4.69) is 33.0 Å². The molecule has 0 aliphatic carbocycles. The van der Waals surface area contributed by atoms with Crippen LogP contribution in [0.1, 0.15) is 13.3 Å². The lowest BCUT2D eigenvalue weighted by Crippen LogP contribution is -2.30. The van der Waals surface area contributed by atoms with Gasteiger partial charge in [-0.2, -0.15) is 5.26 Å². The van der Waals surface area contributed by atoms with E-state index in [-0.39, 0.29) is 0 Å². The molecule has 0 saturated carbocycles. The van der Waals surface area contributed by atoms with Crippen molar-refractivity contribution in [3.63, 3.8) is 0 Å². The van der Waals surface area contributed by atoms with Gasteiger partial charge in [-0.05, 0) is 25.5 Å². The predicted molar refractivity (Wildman–Crippen MR) is 119 cm³/mol. The Hall–Kier alpha value is -2.79. The normalized spacial score (nSPS) is 17.4. The first-order chi connectivity index (χ1) is 14.0. The zero-order valence-corrected chi connectivity index (χ0v) is 18.0. The number of aliphatic imine (C=N–C) groups is 1. The van der Waals surface area contributed by atoms with Crippen LogP contribution in [-0.4, -0.2) is 74.6 Å². The first-order valence-electron chi connectivity index (χ1n) is 9.75. The third-order valence-corrected chi connectivity index (χ3v) is 5.26. The van der Waals surface area contributed by atoms with Crippen molar-refractivity contribution in [2.24, 2.45) is 4.99 Å². The number of fused-ring (bicyclic) bond motifs is 1. The van der Waals surface area contributed by atoms with E-state index >= 15 is 0 Å². The monoisotopic (exact) mass is 413 g/mol. The molecule has 0 spiro atoms. The van der Waals surface area contributed by atoms with Crippen LogP contribution in [0.4, 0.5) is 5.69 Å². The number of allylic oxidation sites excluding steroid dienone is 1. The number of nitriles is 1. The van der Waals surface area contributed by atoms with Crippen LogP contribution in [0.5, 0.6) is 11.5 Å². The Labute approximate surface area is 177 Å². The van der Waals surface area contributed by atoms with Crippen LogP contribution in [0.15, 0.2) is 34.5 Å². The highest BCUT2D eigenvalue weighted by Crippen LogP contribution is 2.34. The summed E-state index contributed by atoms with van der Waals surface area (Å²) in [6.07, 6.45) is 2.61. The topological polar surface area (TPSA) is 64.3 Å². The molecule has 0 unspecified atom stereocenters. The Morgan fingerprint density at radius 2 is 1.93 bits per heavy atom. The lowest BCUT2D eigenvalue weighted by molar-refractivity contribution is 0.171. The van der Waals surface area contributed by atoms with E-state index in [4.69, 9.17) is 21.7 Å². The lowest BCUT2D eigenvalue weighted by atomic mass is 10.2. The van der Waals surface area contributed by atoms with Gasteiger partial charge in [0.1, 0.15) is 29.8 Å². The molecule has 1 aromatic rings. The molecule has 2 heterocycles. The molecule has 1 fully saturated rings. The number of anilines is 1. The summed E-state index contributed by atoms with van der Waals surface area (Å²) in [7, 11) is 3.74. The lowest BCUT2D eigenvalue weighted by Gasteiger charge is -2.27. The fourth-order valence-electron chi connectivity index (χ4n) is 3.41. The van der Waals surface area contributed by atoms with E-state index < -0.39 is 0 Å². The van der Waals surface area contributed by atoms with E-state index in [0.29, 0.717) is 23.8 Å². The van der Waals surface area contributed by atoms with Crippen LogP contribution < -0.4 is 14.4 Å². The van der Waals surface area contributed by atoms with Crippen molar-refractivity contribution in [2.45, 2.75) is 13.3 Å². The maximum absolute atomic E-state index is 9.63. The van der Waals surface area contributed by atoms with Crippen LogP contribution >= 0.6 is 12.2 Å². The minimum atomic E-state index is 0.326. The number of rotatable bonds is 4. The summed E-state index contributed by atoms with van der Waals surface area (Å²) >= 11 is 5.36. The van der Waals surface area contributed by atoms with Crippen molar-refractivity contribution in [1.82, 2.24) is 9.80 Å². The summed E-state index contributed by atoms with van der Waals surface area (Å²) in [6.45, 7) is 6.61. The predicted octanol–water partition coefficient (Wildman–Crippen LogP) is 2.68. The summed E-state index contributed by atoms with van der Waals surface area (Å²) < 4.78 is 11.3. The van der Waals surface area contributed by atoms with E-state index in [1.807, 2.05) is 27.1 Å². The van der Waals surface area contributed by atoms with Crippen molar-refractivity contribution >= 4 is 29.2 Å². The number of ether oxygens (including phenoxy) is 2. The van der Waals surface area contributed by atoms with Crippen LogP contribution in [-0.2, 0) is 0 Å². The Bertz CT molecular complexity index is 859. The zero-order chi connectivity index (χ0) is 20.8. The highest BCUT2D eigenvalue weighted by Gasteiger charge is 2.20. The average Bonchev–Trinajstić information content (AvgIpc) is 2.98. The van der Waals surface area contributed by atoms with Crippen LogP contribution in [0, 0.1) is 11.3 Å². The zero-order valence-electron chi connectivity index (χ0n) is 17.2. The van der Waals surface area contributed by atoms with Gasteiger partial charge in [0.05, 0.1) is 6.34 Å². The summed E-state index contributed by atoms with van der Waals surface area (Å²) in [5, 5.41) is 9.63. The van der Waals surface area contributed by atoms with Crippen molar-refractivity contribution in [2.75, 3.05) is 58.4 Å². The van der Waals surface area contributed by atoms with E-state index in [1.165, 1.54) is 0 Å². The van der Waals surface area contributed by atoms with Gasteiger partial charge >= 0.3 is 0 Å². The number of benzene rings is 1. The van der Waals surface area contributed by atoms with Crippen molar-refractivity contribution in [3.05, 3.63) is 29.5 Å². The molecule has 7 nitrogen and oxygen atoms in total. The molecule has 2 aliphatic rings. The Morgan fingerprint density at radius 3 is 2.66 bits per heavy atom. The van der Waals surface area contributed by atoms with Gasteiger partial charge in [-0.3, -0.25) is 0 Å². The van der Waals surface area contributed by atoms with Gasteiger partial charge in [-0.15, -0.1) is 0 Å². The molecule has 3 rings (SSSR count). The summed E-state index contributed by atoms with van der Waals surface area (Å²) in [4.78, 5) is 10.9. The molecular formula is C21H27N5O2S. The highest BCUT2D eigenvalue weighted by atomic mass is 32.1. The molecule has 0 bridgehead atoms. The summed E-state index contributed by atoms with van der Waals surface area (Å²) in [5.74, 6) is 1.61. The Kier molecular flexibility index (Phi) is 6.94. The van der Waals surface area contributed by atoms with Gasteiger partial charge < -0.3 is 24.2 Å². The second kappa shape index (κ2) is 9.61. The van der Waals surface area contributed by atoms with E-state index in [9.17, 15) is 5.26 Å². The maximum Gasteiger partial charge on any atom is 0.163 e. The molecule has 2 aliphatic heterocycles. The quantitative estimate of drug-likeness (QED) is 0.247. The van der Waals surface area contributed by atoms with Gasteiger partial charge in [0.25, 0.3) is 0 Å². The van der Waals surface area contributed by atoms with Crippen LogP contribution in [0.25, 0.3) is 0 Å². The summed E-state index contributed by atoms with van der Waals surface area (Å²) in [6, 6.07) is 8.35. The second-order valence-electron chi connectivity index (χ2n) is 7.24. The number of hydrogen-bond acceptors (Lipinski definition) is 6. The highest BCUT2D eigenvalue weighted by molar-refractivity contribution is 7.80. The largest absolute Gasteiger partial charge is 0.486 e. The minimum Gasteiger partial charge on any atom is -0.486 e. The van der Waals surface area contributed by atoms with Gasteiger partial charge in [0, 0.05) is 57.7 Å². The van der Waals surface area contributed by atoms with Crippen molar-refractivity contribution in [1.29, 1.82) is 5.26 Å². The number of thiocarbonyl (C=S) groups is 1. The van der Waals surface area contributed by atoms with Gasteiger partial charge in [0.15, 0.2) is 11.5 Å². The van der Waals surface area contributed by atoms with Gasteiger partial charge in [0.2, 0.25) is 0 Å². The number of nitrogens with zero attached hydrogens (tertiary/aromatic N) is 5. The van der Waals surface area contributed by atoms with Crippen LogP contribution in [0.2, 0.25) is 0 Å². The SMILES string of the molecule is C/C(=C(\C#N)C(=S)N=CN(C)C)N1CCCN(c2ccc3c(c2)OCCO3)CC1. The molecule has 29 heavy (non-hydrogen) atoms. The van der Waals surface area contributed by atoms with Crippen LogP contribution in [0.3, 0.4) is 0 Å². The Morgan fingerprint density at radius 1 is 1.17 bits per heavy atom. The van der Waals surface area contributed by atoms with E-state index in [1.54, 1.807) is 11.2 Å². The number of hydrogen-bond donors (Lipinski definition) is 0. The first-order valence-corrected chi connectivity index (χ1v) is 10.2. The van der Waals surface area contributed by atoms with Gasteiger partial charge in [-0.25, -0.2) is 4.99 Å². The van der Waals surface area contributed by atoms with Gasteiger partial charge in [-0.1, -0.05) is 12.2 Å². The van der Waals surface area contributed by atoms with E-state index in [0.717, 1.165) is 55.5 Å². The molecule has 8 heteroatoms. The Balaban J connectivity index is 1.72. The summed E-state index contributed by atoms with van der Waals surface area (Å²) in [5.41, 5.74) is 2.48. The third kappa shape index (κ3) is 5.18. The molecule has 0 atom stereocenters. The van der Waals surface area contributed by atoms with Crippen molar-refractivity contribution in [3.8, 4) is 17.6 Å². The first kappa shape index (κ1) is 20.9. The fraction of sp³-hybridized carbons (Fsp3) is 0.476. The standard InChI is InChI=1S/C21H27N5O2S/c1-16(18(14-22)21(29)23-15-24(2)3)25-7-4-8-26(10-9-25)17-5-6-19-20(13-17)28-12-11-27-19/h5-6,13,15H,4,7-12H2,1-3H3/b18-16-,23-15?. The molecule has 1 aromatic carbocycles.